The monoisotopic (exact) mass is 379 g/mol. The first kappa shape index (κ1) is 15.5. The summed E-state index contributed by atoms with van der Waals surface area (Å²) in [6, 6.07) is 6.43. The zero-order valence-electron chi connectivity index (χ0n) is 10.4. The fraction of sp³-hybridized carbons (Fsp3) is 0.143. The predicted octanol–water partition coefficient (Wildman–Crippen LogP) is 6.21. The lowest BCUT2D eigenvalue weighted by atomic mass is 10.1. The van der Waals surface area contributed by atoms with Crippen LogP contribution < -0.4 is 5.32 Å². The van der Waals surface area contributed by atoms with Crippen LogP contribution in [0.3, 0.4) is 0 Å². The molecule has 0 aliphatic carbocycles. The number of hydrogen-bond donors (Lipinski definition) is 1. The van der Waals surface area contributed by atoms with Crippen LogP contribution in [0.2, 0.25) is 10.0 Å². The quantitative estimate of drug-likeness (QED) is 0.667. The van der Waals surface area contributed by atoms with Gasteiger partial charge < -0.3 is 5.32 Å². The van der Waals surface area contributed by atoms with E-state index in [1.165, 1.54) is 18.2 Å². The van der Waals surface area contributed by atoms with E-state index in [0.29, 0.717) is 15.7 Å². The highest BCUT2D eigenvalue weighted by Crippen LogP contribution is 2.36. The molecule has 0 fully saturated rings. The first-order valence-corrected chi connectivity index (χ1v) is 7.30. The summed E-state index contributed by atoms with van der Waals surface area (Å²) in [5.74, 6) is -1.23. The van der Waals surface area contributed by atoms with Crippen LogP contribution in [0.1, 0.15) is 18.5 Å². The van der Waals surface area contributed by atoms with Crippen LogP contribution in [0.4, 0.5) is 14.5 Å². The van der Waals surface area contributed by atoms with Crippen molar-refractivity contribution in [3.63, 3.8) is 0 Å². The average molecular weight is 381 g/mol. The van der Waals surface area contributed by atoms with Gasteiger partial charge in [0.25, 0.3) is 0 Å². The molecule has 2 rings (SSSR count). The zero-order valence-corrected chi connectivity index (χ0v) is 13.5. The minimum atomic E-state index is -0.618. The maximum absolute atomic E-state index is 13.7. The van der Waals surface area contributed by atoms with Gasteiger partial charge in [0, 0.05) is 10.0 Å². The number of hydrogen-bond acceptors (Lipinski definition) is 1. The van der Waals surface area contributed by atoms with Gasteiger partial charge in [-0.05, 0) is 31.2 Å². The van der Waals surface area contributed by atoms with Gasteiger partial charge in [0.1, 0.15) is 11.6 Å². The van der Waals surface area contributed by atoms with Crippen molar-refractivity contribution in [2.75, 3.05) is 5.32 Å². The molecule has 2 aromatic rings. The summed E-state index contributed by atoms with van der Waals surface area (Å²) < 4.78 is 28.2. The summed E-state index contributed by atoms with van der Waals surface area (Å²) in [7, 11) is 0. The third-order valence-electron chi connectivity index (χ3n) is 2.80. The predicted molar refractivity (Wildman–Crippen MR) is 82.6 cm³/mol. The summed E-state index contributed by atoms with van der Waals surface area (Å²) in [4.78, 5) is 0. The van der Waals surface area contributed by atoms with Crippen LogP contribution in [-0.2, 0) is 0 Å². The summed E-state index contributed by atoms with van der Waals surface area (Å²) in [6.45, 7) is 1.64. The molecule has 0 aliphatic rings. The van der Waals surface area contributed by atoms with E-state index in [1.54, 1.807) is 19.1 Å². The maximum Gasteiger partial charge on any atom is 0.131 e. The summed E-state index contributed by atoms with van der Waals surface area (Å²) in [5.41, 5.74) is 0.384. The minimum absolute atomic E-state index is 0.0532. The molecule has 0 saturated heterocycles. The molecule has 106 valence electrons. The van der Waals surface area contributed by atoms with E-state index in [4.69, 9.17) is 23.2 Å². The Morgan fingerprint density at radius 3 is 2.10 bits per heavy atom. The normalized spacial score (nSPS) is 12.3. The molecule has 0 bridgehead atoms. The molecule has 1 unspecified atom stereocenters. The molecule has 0 radical (unpaired) electrons. The molecule has 1 nitrogen and oxygen atoms in total. The highest BCUT2D eigenvalue weighted by atomic mass is 79.9. The highest BCUT2D eigenvalue weighted by Gasteiger charge is 2.18. The Kier molecular flexibility index (Phi) is 4.89. The molecule has 6 heteroatoms. The SMILES string of the molecule is CC(Nc1c(Cl)cc(Br)cc1Cl)c1c(F)cccc1F. The van der Waals surface area contributed by atoms with Crippen molar-refractivity contribution in [1.82, 2.24) is 0 Å². The van der Waals surface area contributed by atoms with Crippen molar-refractivity contribution < 1.29 is 8.78 Å². The van der Waals surface area contributed by atoms with Gasteiger partial charge in [-0.25, -0.2) is 8.78 Å². The van der Waals surface area contributed by atoms with E-state index in [0.717, 1.165) is 4.47 Å². The van der Waals surface area contributed by atoms with E-state index in [1.807, 2.05) is 0 Å². The molecule has 1 N–H and O–H groups in total. The Morgan fingerprint density at radius 2 is 1.60 bits per heavy atom. The fourth-order valence-corrected chi connectivity index (χ4v) is 3.21. The Labute approximate surface area is 134 Å². The Hall–Kier alpha value is -0.840. The van der Waals surface area contributed by atoms with Crippen LogP contribution in [-0.4, -0.2) is 0 Å². The lowest BCUT2D eigenvalue weighted by Gasteiger charge is -2.19. The molecular weight excluding hydrogens is 371 g/mol. The molecule has 0 spiro atoms. The fourth-order valence-electron chi connectivity index (χ4n) is 1.89. The second kappa shape index (κ2) is 6.29. The van der Waals surface area contributed by atoms with Gasteiger partial charge in [-0.15, -0.1) is 0 Å². The largest absolute Gasteiger partial charge is 0.376 e. The summed E-state index contributed by atoms with van der Waals surface area (Å²) in [5, 5.41) is 3.68. The third-order valence-corrected chi connectivity index (χ3v) is 3.85. The molecule has 0 aliphatic heterocycles. The molecule has 2 aromatic carbocycles. The highest BCUT2D eigenvalue weighted by molar-refractivity contribution is 9.10. The minimum Gasteiger partial charge on any atom is -0.376 e. The molecule has 0 heterocycles. The lowest BCUT2D eigenvalue weighted by molar-refractivity contribution is 0.544. The molecule has 0 amide bonds. The first-order valence-electron chi connectivity index (χ1n) is 5.75. The standard InChI is InChI=1S/C14H10BrCl2F2N/c1-7(13-11(18)3-2-4-12(13)19)20-14-9(16)5-8(15)6-10(14)17/h2-7,20H,1H3. The van der Waals surface area contributed by atoms with Crippen LogP contribution in [0.25, 0.3) is 0 Å². The smallest absolute Gasteiger partial charge is 0.131 e. The van der Waals surface area contributed by atoms with Crippen LogP contribution in [0.15, 0.2) is 34.8 Å². The number of nitrogens with one attached hydrogen (secondary N) is 1. The van der Waals surface area contributed by atoms with Crippen molar-refractivity contribution in [2.45, 2.75) is 13.0 Å². The van der Waals surface area contributed by atoms with Crippen molar-refractivity contribution >= 4 is 44.8 Å². The molecule has 0 aromatic heterocycles. The van der Waals surface area contributed by atoms with Crippen LogP contribution >= 0.6 is 39.1 Å². The Bertz CT molecular complexity index is 606. The third kappa shape index (κ3) is 3.25. The lowest BCUT2D eigenvalue weighted by Crippen LogP contribution is -2.11. The Morgan fingerprint density at radius 1 is 1.10 bits per heavy atom. The van der Waals surface area contributed by atoms with Crippen LogP contribution in [0, 0.1) is 11.6 Å². The number of halogens is 5. The van der Waals surface area contributed by atoms with Crippen molar-refractivity contribution in [3.05, 3.63) is 62.0 Å². The second-order valence-electron chi connectivity index (χ2n) is 4.25. The zero-order chi connectivity index (χ0) is 14.9. The van der Waals surface area contributed by atoms with Gasteiger partial charge in [0.15, 0.2) is 0 Å². The van der Waals surface area contributed by atoms with E-state index >= 15 is 0 Å². The molecule has 0 saturated carbocycles. The topological polar surface area (TPSA) is 12.0 Å². The average Bonchev–Trinajstić information content (AvgIpc) is 2.33. The number of anilines is 1. The van der Waals surface area contributed by atoms with Gasteiger partial charge in [-0.3, -0.25) is 0 Å². The van der Waals surface area contributed by atoms with E-state index in [-0.39, 0.29) is 5.56 Å². The van der Waals surface area contributed by atoms with Crippen molar-refractivity contribution in [2.24, 2.45) is 0 Å². The first-order chi connectivity index (χ1) is 9.40. The molecule has 20 heavy (non-hydrogen) atoms. The number of rotatable bonds is 3. The Balaban J connectivity index is 2.35. The number of benzene rings is 2. The van der Waals surface area contributed by atoms with Crippen molar-refractivity contribution in [1.29, 1.82) is 0 Å². The summed E-state index contributed by atoms with van der Waals surface area (Å²) >= 11 is 15.4. The van der Waals surface area contributed by atoms with Crippen molar-refractivity contribution in [3.8, 4) is 0 Å². The second-order valence-corrected chi connectivity index (χ2v) is 5.98. The van der Waals surface area contributed by atoms with Gasteiger partial charge in [0.05, 0.1) is 21.8 Å². The summed E-state index contributed by atoms with van der Waals surface area (Å²) in [6.07, 6.45) is 0. The molecular formula is C14H10BrCl2F2N. The van der Waals surface area contributed by atoms with Gasteiger partial charge >= 0.3 is 0 Å². The van der Waals surface area contributed by atoms with Gasteiger partial charge in [-0.1, -0.05) is 45.2 Å². The maximum atomic E-state index is 13.7. The van der Waals surface area contributed by atoms with E-state index in [2.05, 4.69) is 21.2 Å². The van der Waals surface area contributed by atoms with E-state index in [9.17, 15) is 8.78 Å². The van der Waals surface area contributed by atoms with Gasteiger partial charge in [-0.2, -0.15) is 0 Å². The van der Waals surface area contributed by atoms with Crippen LogP contribution in [0.5, 0.6) is 0 Å². The van der Waals surface area contributed by atoms with E-state index < -0.39 is 17.7 Å². The van der Waals surface area contributed by atoms with Gasteiger partial charge in [0.2, 0.25) is 0 Å². The molecule has 1 atom stereocenters.